The summed E-state index contributed by atoms with van der Waals surface area (Å²) >= 11 is 1.73. The minimum absolute atomic E-state index is 0.0766. The molecule has 0 unspecified atom stereocenters. The Hall–Kier alpha value is -2.74. The summed E-state index contributed by atoms with van der Waals surface area (Å²) in [7, 11) is 1.62. The van der Waals surface area contributed by atoms with E-state index in [0.717, 1.165) is 29.4 Å². The number of amides is 1. The zero-order valence-corrected chi connectivity index (χ0v) is 16.8. The van der Waals surface area contributed by atoms with Crippen LogP contribution in [0.4, 0.5) is 0 Å². The molecule has 0 saturated carbocycles. The number of ether oxygens (including phenoxy) is 2. The summed E-state index contributed by atoms with van der Waals surface area (Å²) in [5, 5.41) is 11.6. The molecule has 7 nitrogen and oxygen atoms in total. The van der Waals surface area contributed by atoms with E-state index in [9.17, 15) is 4.79 Å². The molecular formula is C20H24N4O3S. The monoisotopic (exact) mass is 400 g/mol. The topological polar surface area (TPSA) is 77.8 Å². The summed E-state index contributed by atoms with van der Waals surface area (Å²) in [5.74, 6) is 3.05. The standard InChI is InChI=1S/C20H24N4O3S/c1-26-15-6-8-16(9-7-15)27-13-10-19(25)21-17(11-14-28-2)20-23-22-18-5-3-4-12-24(18)20/h3-9,12,17H,10-11,13-14H2,1-2H3,(H,21,25)/t17-/m1/s1. The summed E-state index contributed by atoms with van der Waals surface area (Å²) in [5.41, 5.74) is 0.767. The maximum Gasteiger partial charge on any atom is 0.224 e. The first-order chi connectivity index (χ1) is 13.7. The normalized spacial score (nSPS) is 11.9. The predicted molar refractivity (Wildman–Crippen MR) is 110 cm³/mol. The van der Waals surface area contributed by atoms with Gasteiger partial charge in [-0.2, -0.15) is 11.8 Å². The third kappa shape index (κ3) is 5.16. The van der Waals surface area contributed by atoms with E-state index in [0.29, 0.717) is 12.4 Å². The quantitative estimate of drug-likeness (QED) is 0.563. The number of nitrogens with one attached hydrogen (secondary N) is 1. The van der Waals surface area contributed by atoms with E-state index in [-0.39, 0.29) is 18.4 Å². The van der Waals surface area contributed by atoms with Gasteiger partial charge in [-0.3, -0.25) is 9.20 Å². The Morgan fingerprint density at radius 1 is 1.18 bits per heavy atom. The molecule has 0 fully saturated rings. The molecule has 0 radical (unpaired) electrons. The van der Waals surface area contributed by atoms with Crippen molar-refractivity contribution >= 4 is 23.3 Å². The van der Waals surface area contributed by atoms with Crippen LogP contribution < -0.4 is 14.8 Å². The lowest BCUT2D eigenvalue weighted by atomic mass is 10.2. The van der Waals surface area contributed by atoms with Gasteiger partial charge >= 0.3 is 0 Å². The zero-order chi connectivity index (χ0) is 19.8. The summed E-state index contributed by atoms with van der Waals surface area (Å²) in [6.07, 6.45) is 5.00. The van der Waals surface area contributed by atoms with E-state index in [1.807, 2.05) is 59.3 Å². The van der Waals surface area contributed by atoms with E-state index in [2.05, 4.69) is 15.5 Å². The molecular weight excluding hydrogens is 376 g/mol. The number of aromatic nitrogens is 3. The van der Waals surface area contributed by atoms with E-state index in [1.54, 1.807) is 18.9 Å². The molecule has 1 amide bonds. The Kier molecular flexibility index (Phi) is 7.13. The van der Waals surface area contributed by atoms with Gasteiger partial charge in [-0.1, -0.05) is 6.07 Å². The second-order valence-corrected chi connectivity index (χ2v) is 7.15. The summed E-state index contributed by atoms with van der Waals surface area (Å²) in [6, 6.07) is 12.8. The summed E-state index contributed by atoms with van der Waals surface area (Å²) in [4.78, 5) is 12.5. The van der Waals surface area contributed by atoms with Crippen molar-refractivity contribution in [3.63, 3.8) is 0 Å². The number of methoxy groups -OCH3 is 1. The highest BCUT2D eigenvalue weighted by Crippen LogP contribution is 2.19. The van der Waals surface area contributed by atoms with Crippen LogP contribution in [0.15, 0.2) is 48.7 Å². The molecule has 0 aliphatic heterocycles. The Morgan fingerprint density at radius 3 is 2.71 bits per heavy atom. The van der Waals surface area contributed by atoms with Crippen LogP contribution >= 0.6 is 11.8 Å². The minimum Gasteiger partial charge on any atom is -0.497 e. The lowest BCUT2D eigenvalue weighted by molar-refractivity contribution is -0.122. The maximum absolute atomic E-state index is 12.5. The molecule has 8 heteroatoms. The molecule has 1 atom stereocenters. The number of carbonyl (C=O) groups is 1. The molecule has 0 aliphatic carbocycles. The van der Waals surface area contributed by atoms with E-state index >= 15 is 0 Å². The molecule has 0 aliphatic rings. The Morgan fingerprint density at radius 2 is 1.96 bits per heavy atom. The van der Waals surface area contributed by atoms with Crippen LogP contribution in [0.5, 0.6) is 11.5 Å². The highest BCUT2D eigenvalue weighted by molar-refractivity contribution is 7.98. The third-order valence-electron chi connectivity index (χ3n) is 4.25. The van der Waals surface area contributed by atoms with Crippen LogP contribution in [0, 0.1) is 0 Å². The van der Waals surface area contributed by atoms with Gasteiger partial charge in [0.25, 0.3) is 0 Å². The number of carbonyl (C=O) groups excluding carboxylic acids is 1. The van der Waals surface area contributed by atoms with Gasteiger partial charge in [0.1, 0.15) is 11.5 Å². The Labute approximate surface area is 168 Å². The molecule has 0 spiro atoms. The van der Waals surface area contributed by atoms with Crippen molar-refractivity contribution < 1.29 is 14.3 Å². The van der Waals surface area contributed by atoms with Gasteiger partial charge in [-0.15, -0.1) is 10.2 Å². The molecule has 1 aromatic carbocycles. The fraction of sp³-hybridized carbons (Fsp3) is 0.350. The van der Waals surface area contributed by atoms with Gasteiger partial charge in [0.15, 0.2) is 11.5 Å². The predicted octanol–water partition coefficient (Wildman–Crippen LogP) is 3.12. The van der Waals surface area contributed by atoms with E-state index in [1.165, 1.54) is 0 Å². The van der Waals surface area contributed by atoms with Crippen LogP contribution in [-0.4, -0.2) is 46.2 Å². The van der Waals surface area contributed by atoms with E-state index < -0.39 is 0 Å². The fourth-order valence-corrected chi connectivity index (χ4v) is 3.27. The maximum atomic E-state index is 12.5. The van der Waals surface area contributed by atoms with Crippen molar-refractivity contribution in [1.82, 2.24) is 19.9 Å². The number of rotatable bonds is 10. The number of thioether (sulfide) groups is 1. The van der Waals surface area contributed by atoms with Crippen LogP contribution in [0.25, 0.3) is 5.65 Å². The van der Waals surface area contributed by atoms with Crippen molar-refractivity contribution in [2.24, 2.45) is 0 Å². The van der Waals surface area contributed by atoms with Gasteiger partial charge in [0, 0.05) is 6.20 Å². The molecule has 1 N–H and O–H groups in total. The highest BCUT2D eigenvalue weighted by atomic mass is 32.2. The third-order valence-corrected chi connectivity index (χ3v) is 4.90. The van der Waals surface area contributed by atoms with Crippen LogP contribution in [0.2, 0.25) is 0 Å². The van der Waals surface area contributed by atoms with Crippen LogP contribution in [0.3, 0.4) is 0 Å². The first kappa shape index (κ1) is 20.0. The molecule has 3 aromatic rings. The van der Waals surface area contributed by atoms with Gasteiger partial charge in [-0.25, -0.2) is 0 Å². The smallest absolute Gasteiger partial charge is 0.224 e. The molecule has 0 bridgehead atoms. The minimum atomic E-state index is -0.196. The van der Waals surface area contributed by atoms with Crippen molar-refractivity contribution in [1.29, 1.82) is 0 Å². The van der Waals surface area contributed by atoms with Gasteiger partial charge in [0.2, 0.25) is 5.91 Å². The first-order valence-corrected chi connectivity index (χ1v) is 10.5. The van der Waals surface area contributed by atoms with Gasteiger partial charge < -0.3 is 14.8 Å². The fourth-order valence-electron chi connectivity index (χ4n) is 2.80. The number of hydrogen-bond acceptors (Lipinski definition) is 6. The van der Waals surface area contributed by atoms with Gasteiger partial charge in [0.05, 0.1) is 26.2 Å². The van der Waals surface area contributed by atoms with Crippen molar-refractivity contribution in [2.45, 2.75) is 18.9 Å². The van der Waals surface area contributed by atoms with Crippen molar-refractivity contribution in [3.05, 3.63) is 54.5 Å². The first-order valence-electron chi connectivity index (χ1n) is 9.06. The SMILES string of the molecule is COc1ccc(OCCC(=O)N[C@H](CCSC)c2nnc3ccccn23)cc1. The van der Waals surface area contributed by atoms with Crippen LogP contribution in [0.1, 0.15) is 24.7 Å². The molecule has 3 rings (SSSR count). The number of benzene rings is 1. The second-order valence-electron chi connectivity index (χ2n) is 6.16. The van der Waals surface area contributed by atoms with E-state index in [4.69, 9.17) is 9.47 Å². The lowest BCUT2D eigenvalue weighted by Crippen LogP contribution is -2.31. The van der Waals surface area contributed by atoms with Crippen molar-refractivity contribution in [3.8, 4) is 11.5 Å². The number of nitrogens with zero attached hydrogens (tertiary/aromatic N) is 3. The average molecular weight is 401 g/mol. The number of fused-ring (bicyclic) bond motifs is 1. The Balaban J connectivity index is 1.58. The summed E-state index contributed by atoms with van der Waals surface area (Å²) in [6.45, 7) is 0.300. The zero-order valence-electron chi connectivity index (χ0n) is 16.0. The molecule has 148 valence electrons. The molecule has 0 saturated heterocycles. The second kappa shape index (κ2) is 9.98. The molecule has 2 heterocycles. The Bertz CT molecular complexity index is 898. The summed E-state index contributed by atoms with van der Waals surface area (Å²) < 4.78 is 12.7. The largest absolute Gasteiger partial charge is 0.497 e. The molecule has 2 aromatic heterocycles. The number of pyridine rings is 1. The highest BCUT2D eigenvalue weighted by Gasteiger charge is 2.20. The molecule has 28 heavy (non-hydrogen) atoms. The average Bonchev–Trinajstić information content (AvgIpc) is 3.16. The van der Waals surface area contributed by atoms with Crippen molar-refractivity contribution in [2.75, 3.05) is 25.7 Å². The number of hydrogen-bond donors (Lipinski definition) is 1. The van der Waals surface area contributed by atoms with Crippen LogP contribution in [-0.2, 0) is 4.79 Å². The lowest BCUT2D eigenvalue weighted by Gasteiger charge is -2.17. The van der Waals surface area contributed by atoms with Gasteiger partial charge in [-0.05, 0) is 54.8 Å².